The van der Waals surface area contributed by atoms with E-state index in [9.17, 15) is 0 Å². The Kier molecular flexibility index (Phi) is 3.48. The maximum absolute atomic E-state index is 4.34. The van der Waals surface area contributed by atoms with Crippen LogP contribution in [0.25, 0.3) is 0 Å². The topological polar surface area (TPSA) is 24.9 Å². The zero-order valence-corrected chi connectivity index (χ0v) is 12.6. The molecule has 2 unspecified atom stereocenters. The summed E-state index contributed by atoms with van der Waals surface area (Å²) < 4.78 is 0.933. The second-order valence-corrected chi connectivity index (χ2v) is 6.88. The lowest BCUT2D eigenvalue weighted by Crippen LogP contribution is -2.22. The van der Waals surface area contributed by atoms with Gasteiger partial charge in [-0.05, 0) is 58.7 Å². The minimum absolute atomic E-state index is 0.467. The number of halogens is 1. The summed E-state index contributed by atoms with van der Waals surface area (Å²) in [6, 6.07) is 2.74. The van der Waals surface area contributed by atoms with Crippen LogP contribution in [0, 0.1) is 18.3 Å². The minimum atomic E-state index is 0.467. The van der Waals surface area contributed by atoms with Crippen molar-refractivity contribution < 1.29 is 0 Å². The van der Waals surface area contributed by atoms with E-state index >= 15 is 0 Å². The van der Waals surface area contributed by atoms with Gasteiger partial charge in [0.1, 0.15) is 4.60 Å². The lowest BCUT2D eigenvalue weighted by Gasteiger charge is -2.20. The maximum atomic E-state index is 4.34. The van der Waals surface area contributed by atoms with Crippen molar-refractivity contribution in [3.05, 3.63) is 22.4 Å². The number of pyridine rings is 1. The Hall–Kier alpha value is -0.570. The Morgan fingerprint density at radius 3 is 2.65 bits per heavy atom. The van der Waals surface area contributed by atoms with Gasteiger partial charge in [-0.2, -0.15) is 0 Å². The fourth-order valence-corrected chi connectivity index (χ4v) is 3.15. The van der Waals surface area contributed by atoms with Crippen LogP contribution in [0.4, 0.5) is 5.69 Å². The molecule has 1 aliphatic carbocycles. The third-order valence-electron chi connectivity index (χ3n) is 3.70. The number of hydrogen-bond donors (Lipinski definition) is 1. The van der Waals surface area contributed by atoms with Crippen LogP contribution in [-0.4, -0.2) is 11.0 Å². The van der Waals surface area contributed by atoms with E-state index in [1.807, 2.05) is 6.20 Å². The Morgan fingerprint density at radius 2 is 2.12 bits per heavy atom. The van der Waals surface area contributed by atoms with Gasteiger partial charge in [0.2, 0.25) is 0 Å². The highest BCUT2D eigenvalue weighted by molar-refractivity contribution is 9.10. The summed E-state index contributed by atoms with van der Waals surface area (Å²) in [5.41, 5.74) is 2.79. The normalized spacial score (nSPS) is 27.1. The lowest BCUT2D eigenvalue weighted by atomic mass is 9.91. The first-order valence-electron chi connectivity index (χ1n) is 6.26. The fourth-order valence-electron chi connectivity index (χ4n) is 2.94. The van der Waals surface area contributed by atoms with Crippen molar-refractivity contribution in [2.45, 2.75) is 46.6 Å². The van der Waals surface area contributed by atoms with Gasteiger partial charge >= 0.3 is 0 Å². The first kappa shape index (κ1) is 12.9. The number of hydrogen-bond acceptors (Lipinski definition) is 2. The molecule has 17 heavy (non-hydrogen) atoms. The van der Waals surface area contributed by atoms with Gasteiger partial charge in [0.25, 0.3) is 0 Å². The molecule has 1 N–H and O–H groups in total. The van der Waals surface area contributed by atoms with Gasteiger partial charge in [-0.15, -0.1) is 0 Å². The van der Waals surface area contributed by atoms with E-state index in [4.69, 9.17) is 0 Å². The van der Waals surface area contributed by atoms with Crippen molar-refractivity contribution in [3.8, 4) is 0 Å². The highest BCUT2D eigenvalue weighted by Gasteiger charge is 2.36. The van der Waals surface area contributed by atoms with E-state index in [-0.39, 0.29) is 0 Å². The van der Waals surface area contributed by atoms with Crippen molar-refractivity contribution in [2.75, 3.05) is 5.32 Å². The van der Waals surface area contributed by atoms with Crippen molar-refractivity contribution in [1.82, 2.24) is 4.98 Å². The van der Waals surface area contributed by atoms with E-state index in [0.717, 1.165) is 16.2 Å². The average Bonchev–Trinajstić information content (AvgIpc) is 2.46. The molecule has 1 saturated carbocycles. The fraction of sp³-hybridized carbons (Fsp3) is 0.643. The smallest absolute Gasteiger partial charge is 0.109 e. The summed E-state index contributed by atoms with van der Waals surface area (Å²) in [5, 5.41) is 3.63. The average molecular weight is 297 g/mol. The van der Waals surface area contributed by atoms with E-state index in [1.54, 1.807) is 0 Å². The number of nitrogens with zero attached hydrogens (tertiary/aromatic N) is 1. The molecular weight excluding hydrogens is 276 g/mol. The monoisotopic (exact) mass is 296 g/mol. The van der Waals surface area contributed by atoms with Gasteiger partial charge in [0, 0.05) is 6.04 Å². The number of aromatic nitrogens is 1. The van der Waals surface area contributed by atoms with Crippen molar-refractivity contribution >= 4 is 21.6 Å². The van der Waals surface area contributed by atoms with Crippen LogP contribution in [0.5, 0.6) is 0 Å². The number of nitrogens with one attached hydrogen (secondary N) is 1. The highest BCUT2D eigenvalue weighted by Crippen LogP contribution is 2.42. The number of anilines is 1. The molecule has 1 aromatic rings. The Balaban J connectivity index is 2.08. The highest BCUT2D eigenvalue weighted by atomic mass is 79.9. The first-order chi connectivity index (χ1) is 7.87. The molecular formula is C14H21BrN2. The van der Waals surface area contributed by atoms with Crippen molar-refractivity contribution in [1.29, 1.82) is 0 Å². The predicted octanol–water partition coefficient (Wildman–Crippen LogP) is 4.39. The Labute approximate surface area is 112 Å². The van der Waals surface area contributed by atoms with Crippen LogP contribution in [-0.2, 0) is 0 Å². The standard InChI is InChI=1S/C14H21BrN2/c1-9-5-11(8-16-13(9)15)17-12-7-14(3,4)6-10(12)2/h5,8,10,12,17H,6-7H2,1-4H3. The molecule has 2 atom stereocenters. The van der Waals surface area contributed by atoms with Crippen molar-refractivity contribution in [2.24, 2.45) is 11.3 Å². The van der Waals surface area contributed by atoms with Gasteiger partial charge in [-0.25, -0.2) is 4.98 Å². The van der Waals surface area contributed by atoms with Gasteiger partial charge in [0.15, 0.2) is 0 Å². The molecule has 1 fully saturated rings. The van der Waals surface area contributed by atoms with E-state index in [0.29, 0.717) is 11.5 Å². The van der Waals surface area contributed by atoms with Crippen molar-refractivity contribution in [3.63, 3.8) is 0 Å². The van der Waals surface area contributed by atoms with Crippen LogP contribution >= 0.6 is 15.9 Å². The van der Waals surface area contributed by atoms with Crippen LogP contribution in [0.1, 0.15) is 39.2 Å². The molecule has 0 aromatic carbocycles. The van der Waals surface area contributed by atoms with Gasteiger partial charge < -0.3 is 5.32 Å². The predicted molar refractivity (Wildman–Crippen MR) is 76.3 cm³/mol. The molecule has 0 radical (unpaired) electrons. The molecule has 0 amide bonds. The lowest BCUT2D eigenvalue weighted by molar-refractivity contribution is 0.366. The Morgan fingerprint density at radius 1 is 1.41 bits per heavy atom. The van der Waals surface area contributed by atoms with Gasteiger partial charge in [0.05, 0.1) is 11.9 Å². The minimum Gasteiger partial charge on any atom is -0.381 e. The second-order valence-electron chi connectivity index (χ2n) is 6.13. The van der Waals surface area contributed by atoms with Gasteiger partial charge in [-0.3, -0.25) is 0 Å². The van der Waals surface area contributed by atoms with Crippen LogP contribution in [0.15, 0.2) is 16.9 Å². The molecule has 0 aliphatic heterocycles. The summed E-state index contributed by atoms with van der Waals surface area (Å²) in [5.74, 6) is 0.731. The molecule has 1 heterocycles. The van der Waals surface area contributed by atoms with Crippen LogP contribution < -0.4 is 5.32 Å². The molecule has 2 rings (SSSR count). The third-order valence-corrected chi connectivity index (χ3v) is 4.53. The molecule has 2 nitrogen and oxygen atoms in total. The zero-order chi connectivity index (χ0) is 12.6. The summed E-state index contributed by atoms with van der Waals surface area (Å²) >= 11 is 3.43. The summed E-state index contributed by atoms with van der Waals surface area (Å²) in [4.78, 5) is 4.34. The molecule has 0 spiro atoms. The SMILES string of the molecule is Cc1cc(NC2CC(C)(C)CC2C)cnc1Br. The summed E-state index contributed by atoms with van der Waals surface area (Å²) in [6.45, 7) is 9.13. The zero-order valence-electron chi connectivity index (χ0n) is 11.0. The molecule has 94 valence electrons. The molecule has 1 aliphatic rings. The van der Waals surface area contributed by atoms with E-state index in [1.165, 1.54) is 18.4 Å². The third kappa shape index (κ3) is 3.01. The quantitative estimate of drug-likeness (QED) is 0.819. The maximum Gasteiger partial charge on any atom is 0.109 e. The van der Waals surface area contributed by atoms with E-state index < -0.39 is 0 Å². The van der Waals surface area contributed by atoms with Gasteiger partial charge in [-0.1, -0.05) is 20.8 Å². The number of aryl methyl sites for hydroxylation is 1. The Bertz CT molecular complexity index is 415. The van der Waals surface area contributed by atoms with Crippen LogP contribution in [0.3, 0.4) is 0 Å². The molecule has 0 bridgehead atoms. The first-order valence-corrected chi connectivity index (χ1v) is 7.05. The van der Waals surface area contributed by atoms with Crippen LogP contribution in [0.2, 0.25) is 0 Å². The largest absolute Gasteiger partial charge is 0.381 e. The van der Waals surface area contributed by atoms with E-state index in [2.05, 4.69) is 60.0 Å². The summed E-state index contributed by atoms with van der Waals surface area (Å²) in [7, 11) is 0. The number of rotatable bonds is 2. The second kappa shape index (κ2) is 4.60. The molecule has 3 heteroatoms. The summed E-state index contributed by atoms with van der Waals surface area (Å²) in [6.07, 6.45) is 4.45. The molecule has 1 aromatic heterocycles. The molecule has 0 saturated heterocycles.